The molecule has 0 radical (unpaired) electrons. The van der Waals surface area contributed by atoms with Crippen molar-refractivity contribution in [1.82, 2.24) is 4.90 Å². The fourth-order valence-corrected chi connectivity index (χ4v) is 8.72. The van der Waals surface area contributed by atoms with Crippen molar-refractivity contribution in [2.24, 2.45) is 11.3 Å². The minimum atomic E-state index is -1.49. The lowest BCUT2D eigenvalue weighted by atomic mass is 9.50. The van der Waals surface area contributed by atoms with E-state index in [4.69, 9.17) is 18.9 Å². The van der Waals surface area contributed by atoms with Crippen LogP contribution in [-0.2, 0) is 38.7 Å². The number of nitrogens with zero attached hydrogens (tertiary/aromatic N) is 1. The third-order valence-corrected chi connectivity index (χ3v) is 10.2. The molecule has 2 bridgehead atoms. The number of carbonyl (C=O) groups excluding carboxylic acids is 3. The van der Waals surface area contributed by atoms with Crippen molar-refractivity contribution in [3.05, 3.63) is 71.8 Å². The van der Waals surface area contributed by atoms with Crippen LogP contribution in [0.3, 0.4) is 0 Å². The number of likely N-dealkylation sites (N-methyl/N-ethyl adjacent to an activating group) is 1. The summed E-state index contributed by atoms with van der Waals surface area (Å²) >= 11 is 0. The van der Waals surface area contributed by atoms with Crippen molar-refractivity contribution in [2.45, 2.75) is 55.2 Å². The molecule has 8 rings (SSSR count). The lowest BCUT2D eigenvalue weighted by Crippen LogP contribution is -2.67. The second kappa shape index (κ2) is 8.41. The van der Waals surface area contributed by atoms with Crippen LogP contribution in [-0.4, -0.2) is 67.2 Å². The van der Waals surface area contributed by atoms with Gasteiger partial charge in [0.1, 0.15) is 18.1 Å². The number of epoxide rings is 1. The van der Waals surface area contributed by atoms with E-state index in [0.29, 0.717) is 12.8 Å². The van der Waals surface area contributed by atoms with Crippen LogP contribution in [0.5, 0.6) is 0 Å². The Hall–Kier alpha value is -3.69. The lowest BCUT2D eigenvalue weighted by Gasteiger charge is -2.50. The van der Waals surface area contributed by atoms with E-state index in [-0.39, 0.29) is 25.2 Å². The summed E-state index contributed by atoms with van der Waals surface area (Å²) in [7, 11) is 3.31. The molecule has 7 unspecified atom stereocenters. The molecular formula is C31H32N2O7. The van der Waals surface area contributed by atoms with Gasteiger partial charge in [0, 0.05) is 17.7 Å². The number of anilines is 1. The summed E-state index contributed by atoms with van der Waals surface area (Å²) in [6, 6.07) is 16.8. The third-order valence-electron chi connectivity index (χ3n) is 10.2. The quantitative estimate of drug-likeness (QED) is 0.263. The van der Waals surface area contributed by atoms with Crippen molar-refractivity contribution >= 4 is 29.7 Å². The summed E-state index contributed by atoms with van der Waals surface area (Å²) in [5, 5.41) is 3.58. The highest BCUT2D eigenvalue weighted by Gasteiger charge is 2.89. The van der Waals surface area contributed by atoms with Gasteiger partial charge in [-0.25, -0.2) is 4.79 Å². The number of nitrogens with one attached hydrogen (secondary N) is 1. The molecule has 1 N–H and O–H groups in total. The maximum absolute atomic E-state index is 14.4. The van der Waals surface area contributed by atoms with Gasteiger partial charge >= 0.3 is 17.9 Å². The average molecular weight is 545 g/mol. The van der Waals surface area contributed by atoms with E-state index in [1.54, 1.807) is 6.08 Å². The summed E-state index contributed by atoms with van der Waals surface area (Å²) in [5.74, 6) is -2.00. The molecule has 208 valence electrons. The number of esters is 3. The molecule has 4 saturated heterocycles. The molecule has 5 aliphatic heterocycles. The number of rotatable bonds is 5. The van der Waals surface area contributed by atoms with Gasteiger partial charge < -0.3 is 24.3 Å². The maximum Gasteiger partial charge on any atom is 0.330 e. The van der Waals surface area contributed by atoms with Crippen LogP contribution in [0.25, 0.3) is 6.08 Å². The molecule has 5 heterocycles. The van der Waals surface area contributed by atoms with Gasteiger partial charge in [0.25, 0.3) is 0 Å². The van der Waals surface area contributed by atoms with Crippen LogP contribution < -0.4 is 5.32 Å². The number of piperidine rings is 1. The normalized spacial score (nSPS) is 38.7. The first-order valence-electron chi connectivity index (χ1n) is 13.8. The number of carbonyl (C=O) groups is 3. The highest BCUT2D eigenvalue weighted by Crippen LogP contribution is 2.75. The molecule has 0 amide bonds. The van der Waals surface area contributed by atoms with Crippen LogP contribution >= 0.6 is 0 Å². The first kappa shape index (κ1) is 25.3. The standard InChI is InChI=1S/C31H32N2O7/c1-19-30(39-19)23-14-15-24(33(30)2)31-29(17-26(35)40-31,21-11-7-8-12-22(21)32-31)28(23,27(36)37-3)18-38-25(34)16-13-20-9-5-4-6-10-20/h4-13,16,19,23-24,32H,14-15,17-18H2,1-3H3. The molecule has 2 aromatic carbocycles. The number of hydrogen-bond donors (Lipinski definition) is 1. The Labute approximate surface area is 232 Å². The minimum Gasteiger partial charge on any atom is -0.468 e. The Kier molecular flexibility index (Phi) is 5.32. The zero-order valence-corrected chi connectivity index (χ0v) is 22.7. The summed E-state index contributed by atoms with van der Waals surface area (Å²) in [5.41, 5.74) is -2.36. The Bertz CT molecular complexity index is 1440. The smallest absolute Gasteiger partial charge is 0.330 e. The molecule has 1 spiro atoms. The van der Waals surface area contributed by atoms with Gasteiger partial charge in [-0.15, -0.1) is 0 Å². The van der Waals surface area contributed by atoms with Gasteiger partial charge in [0.15, 0.2) is 5.72 Å². The predicted molar refractivity (Wildman–Crippen MR) is 144 cm³/mol. The van der Waals surface area contributed by atoms with Gasteiger partial charge in [-0.05, 0) is 50.1 Å². The first-order valence-corrected chi connectivity index (χ1v) is 13.8. The number of hydrogen-bond acceptors (Lipinski definition) is 9. The average Bonchev–Trinajstić information content (AvgIpc) is 3.45. The van der Waals surface area contributed by atoms with Crippen molar-refractivity contribution in [3.63, 3.8) is 0 Å². The van der Waals surface area contributed by atoms with Gasteiger partial charge in [-0.3, -0.25) is 14.5 Å². The topological polar surface area (TPSA) is 107 Å². The fourth-order valence-electron chi connectivity index (χ4n) is 8.72. The van der Waals surface area contributed by atoms with Gasteiger partial charge in [-0.2, -0.15) is 0 Å². The zero-order chi connectivity index (χ0) is 27.9. The molecule has 9 heteroatoms. The minimum absolute atomic E-state index is 0.0607. The second-order valence-electron chi connectivity index (χ2n) is 11.5. The Morgan fingerprint density at radius 2 is 1.85 bits per heavy atom. The SMILES string of the molecule is COC(=O)C1(COC(=O)C=Cc2ccccc2)C2CCC(N(C)C23OC3C)C23Nc4ccccc4C21CC(=O)O3. The van der Waals surface area contributed by atoms with E-state index in [1.165, 1.54) is 13.2 Å². The predicted octanol–water partition coefficient (Wildman–Crippen LogP) is 3.25. The van der Waals surface area contributed by atoms with E-state index in [9.17, 15) is 14.4 Å². The van der Waals surface area contributed by atoms with E-state index >= 15 is 0 Å². The molecule has 5 fully saturated rings. The van der Waals surface area contributed by atoms with E-state index in [2.05, 4.69) is 10.2 Å². The molecular weight excluding hydrogens is 512 g/mol. The van der Waals surface area contributed by atoms with Crippen molar-refractivity contribution < 1.29 is 33.3 Å². The molecule has 40 heavy (non-hydrogen) atoms. The molecule has 2 aromatic rings. The van der Waals surface area contributed by atoms with Gasteiger partial charge in [-0.1, -0.05) is 48.5 Å². The van der Waals surface area contributed by atoms with Gasteiger partial charge in [0.2, 0.25) is 5.72 Å². The van der Waals surface area contributed by atoms with Crippen LogP contribution in [0.2, 0.25) is 0 Å². The molecule has 9 nitrogen and oxygen atoms in total. The number of para-hydroxylation sites is 1. The lowest BCUT2D eigenvalue weighted by molar-refractivity contribution is -0.182. The van der Waals surface area contributed by atoms with Crippen LogP contribution in [0.15, 0.2) is 60.7 Å². The number of benzene rings is 2. The second-order valence-corrected chi connectivity index (χ2v) is 11.5. The van der Waals surface area contributed by atoms with Crippen LogP contribution in [0.1, 0.15) is 37.3 Å². The van der Waals surface area contributed by atoms with E-state index < -0.39 is 46.1 Å². The molecule has 0 aromatic heterocycles. The highest BCUT2D eigenvalue weighted by molar-refractivity contribution is 5.91. The number of fused-ring (bicyclic) bond motifs is 2. The Morgan fingerprint density at radius 1 is 1.12 bits per heavy atom. The largest absolute Gasteiger partial charge is 0.468 e. The molecule has 7 atom stereocenters. The van der Waals surface area contributed by atoms with Crippen LogP contribution in [0.4, 0.5) is 5.69 Å². The van der Waals surface area contributed by atoms with E-state index in [1.807, 2.05) is 68.6 Å². The monoisotopic (exact) mass is 544 g/mol. The summed E-state index contributed by atoms with van der Waals surface area (Å²) in [6.45, 7) is 1.69. The number of methoxy groups -OCH3 is 1. The summed E-state index contributed by atoms with van der Waals surface area (Å²) in [6.07, 6.45) is 4.04. The fraction of sp³-hybridized carbons (Fsp3) is 0.452. The highest BCUT2D eigenvalue weighted by atomic mass is 16.6. The molecule has 1 aliphatic carbocycles. The first-order chi connectivity index (χ1) is 19.3. The number of ether oxygens (including phenoxy) is 4. The van der Waals surface area contributed by atoms with Gasteiger partial charge in [0.05, 0.1) is 25.0 Å². The maximum atomic E-state index is 14.4. The zero-order valence-electron chi connectivity index (χ0n) is 22.7. The van der Waals surface area contributed by atoms with Crippen molar-refractivity contribution in [1.29, 1.82) is 0 Å². The molecule has 6 aliphatic rings. The van der Waals surface area contributed by atoms with Crippen molar-refractivity contribution in [2.75, 3.05) is 26.1 Å². The van der Waals surface area contributed by atoms with E-state index in [0.717, 1.165) is 16.8 Å². The molecule has 1 saturated carbocycles. The van der Waals surface area contributed by atoms with Crippen LogP contribution in [0, 0.1) is 11.3 Å². The summed E-state index contributed by atoms with van der Waals surface area (Å²) < 4.78 is 24.3. The third kappa shape index (κ3) is 2.86. The Balaban J connectivity index is 1.43. The van der Waals surface area contributed by atoms with Crippen molar-refractivity contribution in [3.8, 4) is 0 Å². The summed E-state index contributed by atoms with van der Waals surface area (Å²) in [4.78, 5) is 43.1. The Morgan fingerprint density at radius 3 is 2.58 bits per heavy atom.